The average molecular weight is 299 g/mol. The highest BCUT2D eigenvalue weighted by molar-refractivity contribution is 7.65. The van der Waals surface area contributed by atoms with Crippen LogP contribution < -0.4 is 0 Å². The Morgan fingerprint density at radius 1 is 1.31 bits per heavy atom. The zero-order chi connectivity index (χ0) is 12.8. The molecule has 3 atom stereocenters. The maximum absolute atomic E-state index is 11.1. The molecule has 0 aromatic heterocycles. The molecule has 0 bridgehead atoms. The number of phosphoric acid groups is 2. The van der Waals surface area contributed by atoms with Gasteiger partial charge in [0, 0.05) is 0 Å². The molecule has 0 heterocycles. The minimum absolute atomic E-state index is 0.841. The number of aliphatic hydroxyl groups is 1. The number of rotatable bonds is 8. The van der Waals surface area contributed by atoms with Crippen molar-refractivity contribution in [1.82, 2.24) is 0 Å². The minimum Gasteiger partial charge on any atom is -0.367 e. The zero-order valence-corrected chi connectivity index (χ0v) is 10.7. The van der Waals surface area contributed by atoms with E-state index in [9.17, 15) is 9.13 Å². The number of phosphoric ester groups is 1. The van der Waals surface area contributed by atoms with Crippen LogP contribution in [0.1, 0.15) is 0 Å². The van der Waals surface area contributed by atoms with Crippen molar-refractivity contribution < 1.29 is 46.2 Å². The second-order valence-electron chi connectivity index (χ2n) is 1.94. The van der Waals surface area contributed by atoms with Crippen LogP contribution in [0.2, 0.25) is 0 Å². The summed E-state index contributed by atoms with van der Waals surface area (Å²) in [6, 6.07) is 0. The molecule has 0 aliphatic rings. The van der Waals surface area contributed by atoms with Crippen LogP contribution >= 0.6 is 24.2 Å². The molecule has 0 saturated heterocycles. The zero-order valence-electron chi connectivity index (χ0n) is 7.88. The summed E-state index contributed by atoms with van der Waals surface area (Å²) in [6.45, 7) is -0.841. The van der Waals surface area contributed by atoms with Gasteiger partial charge in [-0.2, -0.15) is 13.4 Å². The SMILES string of the molecule is [CH]OP(=O)(O)OP(=O)(O)O[PH+](OC)OCO. The lowest BCUT2D eigenvalue weighted by Crippen LogP contribution is -1.96. The molecular formula is C3H10O10P3+. The minimum atomic E-state index is -4.97. The molecule has 3 N–H and O–H groups in total. The molecule has 0 aliphatic heterocycles. The molecule has 96 valence electrons. The van der Waals surface area contributed by atoms with Crippen LogP contribution in [-0.2, 0) is 31.3 Å². The predicted octanol–water partition coefficient (Wildman–Crippen LogP) is 0.478. The van der Waals surface area contributed by atoms with Crippen molar-refractivity contribution in [2.45, 2.75) is 0 Å². The third kappa shape index (κ3) is 7.01. The summed E-state index contributed by atoms with van der Waals surface area (Å²) in [5.41, 5.74) is 0. The Morgan fingerprint density at radius 2 is 1.88 bits per heavy atom. The van der Waals surface area contributed by atoms with Crippen molar-refractivity contribution in [2.75, 3.05) is 13.9 Å². The second-order valence-corrected chi connectivity index (χ2v) is 6.61. The van der Waals surface area contributed by atoms with E-state index in [1.807, 2.05) is 0 Å². The van der Waals surface area contributed by atoms with Gasteiger partial charge in [0.1, 0.15) is 7.11 Å². The first-order valence-electron chi connectivity index (χ1n) is 3.36. The van der Waals surface area contributed by atoms with Crippen LogP contribution in [0.5, 0.6) is 0 Å². The summed E-state index contributed by atoms with van der Waals surface area (Å²) in [4.78, 5) is 17.6. The van der Waals surface area contributed by atoms with E-state index >= 15 is 0 Å². The van der Waals surface area contributed by atoms with Gasteiger partial charge in [-0.15, -0.1) is 0 Å². The lowest BCUT2D eigenvalue weighted by molar-refractivity contribution is 0.0786. The van der Waals surface area contributed by atoms with Crippen molar-refractivity contribution in [3.63, 3.8) is 0 Å². The summed E-state index contributed by atoms with van der Waals surface area (Å²) in [5.74, 6) is 0. The van der Waals surface area contributed by atoms with Crippen molar-refractivity contribution in [2.24, 2.45) is 0 Å². The van der Waals surface area contributed by atoms with Gasteiger partial charge in [-0.25, -0.2) is 9.13 Å². The van der Waals surface area contributed by atoms with Gasteiger partial charge < -0.3 is 10.00 Å². The van der Waals surface area contributed by atoms with Gasteiger partial charge in [0.25, 0.3) is 0 Å². The molecule has 0 amide bonds. The van der Waals surface area contributed by atoms with Crippen molar-refractivity contribution in [1.29, 1.82) is 0 Å². The molecule has 3 unspecified atom stereocenters. The Morgan fingerprint density at radius 3 is 2.25 bits per heavy atom. The third-order valence-electron chi connectivity index (χ3n) is 0.879. The molecule has 0 spiro atoms. The molecular weight excluding hydrogens is 289 g/mol. The summed E-state index contributed by atoms with van der Waals surface area (Å²) < 4.78 is 41.8. The van der Waals surface area contributed by atoms with E-state index in [1.54, 1.807) is 0 Å². The van der Waals surface area contributed by atoms with Gasteiger partial charge in [0.2, 0.25) is 0 Å². The molecule has 0 aromatic carbocycles. The topological polar surface area (TPSA) is 141 Å². The maximum atomic E-state index is 11.1. The normalized spacial score (nSPS) is 21.1. The van der Waals surface area contributed by atoms with Crippen molar-refractivity contribution >= 4 is 24.2 Å². The van der Waals surface area contributed by atoms with Gasteiger partial charge in [0.15, 0.2) is 6.79 Å². The molecule has 16 heavy (non-hydrogen) atoms. The smallest absolute Gasteiger partial charge is 0.367 e. The molecule has 0 fully saturated rings. The van der Waals surface area contributed by atoms with Gasteiger partial charge in [-0.1, -0.05) is 4.31 Å². The summed E-state index contributed by atoms with van der Waals surface area (Å²) in [7, 11) is -7.28. The number of hydrogen-bond acceptors (Lipinski definition) is 8. The van der Waals surface area contributed by atoms with E-state index in [1.165, 1.54) is 0 Å². The first kappa shape index (κ1) is 16.6. The Hall–Kier alpha value is 0.570. The Labute approximate surface area is 92.3 Å². The molecule has 0 aromatic rings. The van der Waals surface area contributed by atoms with Crippen molar-refractivity contribution in [3.05, 3.63) is 7.11 Å². The Bertz CT molecular complexity index is 291. The fourth-order valence-electron chi connectivity index (χ4n) is 0.436. The predicted molar refractivity (Wildman–Crippen MR) is 50.7 cm³/mol. The van der Waals surface area contributed by atoms with Gasteiger partial charge in [0.05, 0.1) is 7.11 Å². The molecule has 10 nitrogen and oxygen atoms in total. The molecule has 0 aliphatic carbocycles. The number of aliphatic hydroxyl groups excluding tert-OH is 1. The fourth-order valence-corrected chi connectivity index (χ4v) is 3.55. The van der Waals surface area contributed by atoms with Gasteiger partial charge in [-0.3, -0.25) is 9.42 Å². The highest BCUT2D eigenvalue weighted by Crippen LogP contribution is 2.66. The van der Waals surface area contributed by atoms with E-state index in [-0.39, 0.29) is 0 Å². The van der Waals surface area contributed by atoms with Gasteiger partial charge in [-0.05, 0) is 0 Å². The Balaban J connectivity index is 4.44. The lowest BCUT2D eigenvalue weighted by Gasteiger charge is -2.12. The first-order chi connectivity index (χ1) is 7.26. The maximum Gasteiger partial charge on any atom is 0.519 e. The summed E-state index contributed by atoms with van der Waals surface area (Å²) in [6.07, 6.45) is 0. The molecule has 0 rings (SSSR count). The highest BCUT2D eigenvalue weighted by Gasteiger charge is 2.41. The van der Waals surface area contributed by atoms with Crippen LogP contribution in [0.25, 0.3) is 0 Å². The Kier molecular flexibility index (Phi) is 7.36. The molecule has 0 saturated carbocycles. The first-order valence-corrected chi connectivity index (χ1v) is 7.57. The van der Waals surface area contributed by atoms with Crippen molar-refractivity contribution in [3.8, 4) is 0 Å². The second kappa shape index (κ2) is 7.10. The van der Waals surface area contributed by atoms with Crippen LogP contribution in [0.3, 0.4) is 0 Å². The van der Waals surface area contributed by atoms with Gasteiger partial charge >= 0.3 is 24.2 Å². The summed E-state index contributed by atoms with van der Waals surface area (Å²) >= 11 is 0. The van der Waals surface area contributed by atoms with E-state index in [0.29, 0.717) is 0 Å². The fraction of sp³-hybridized carbons (Fsp3) is 0.667. The van der Waals surface area contributed by atoms with Crippen LogP contribution in [0.4, 0.5) is 0 Å². The van der Waals surface area contributed by atoms with Crippen LogP contribution in [-0.4, -0.2) is 28.8 Å². The standard InChI is InChI=1S/C3H9O10P3/c1-9-14(11-3-4)12-16(7,8)13-15(5,6)10-2/h2,4,14H,3H2,1H3,(H-,5,6,7,8)/p+1. The molecule has 13 heteroatoms. The average Bonchev–Trinajstić information content (AvgIpc) is 2.15. The van der Waals surface area contributed by atoms with E-state index < -0.39 is 31.0 Å². The highest BCUT2D eigenvalue weighted by atomic mass is 31.3. The van der Waals surface area contributed by atoms with E-state index in [2.05, 4.69) is 29.3 Å². The van der Waals surface area contributed by atoms with Crippen LogP contribution in [0, 0.1) is 7.11 Å². The quantitative estimate of drug-likeness (QED) is 0.428. The molecule has 2 radical (unpaired) electrons. The number of hydrogen-bond donors (Lipinski definition) is 3. The summed E-state index contributed by atoms with van der Waals surface area (Å²) in [5, 5.41) is 8.33. The van der Waals surface area contributed by atoms with E-state index in [4.69, 9.17) is 14.9 Å². The van der Waals surface area contributed by atoms with E-state index in [0.717, 1.165) is 7.11 Å². The lowest BCUT2D eigenvalue weighted by atomic mass is 11.6. The largest absolute Gasteiger partial charge is 0.519 e. The third-order valence-corrected chi connectivity index (χ3v) is 5.01. The van der Waals surface area contributed by atoms with Crippen LogP contribution in [0.15, 0.2) is 0 Å². The monoisotopic (exact) mass is 299 g/mol.